The van der Waals surface area contributed by atoms with Crippen molar-refractivity contribution >= 4 is 0 Å². The van der Waals surface area contributed by atoms with Gasteiger partial charge in [-0.1, -0.05) is 19.4 Å². The topological polar surface area (TPSA) is 0 Å². The summed E-state index contributed by atoms with van der Waals surface area (Å²) in [6, 6.07) is 3.40. The van der Waals surface area contributed by atoms with Gasteiger partial charge >= 0.3 is 0 Å². The van der Waals surface area contributed by atoms with E-state index in [4.69, 9.17) is 0 Å². The van der Waals surface area contributed by atoms with Crippen LogP contribution in [0.15, 0.2) is 12.1 Å². The molecule has 1 aromatic rings. The zero-order chi connectivity index (χ0) is 9.14. The first-order valence-electron chi connectivity index (χ1n) is 4.41. The molecule has 0 aliphatic rings. The van der Waals surface area contributed by atoms with E-state index in [9.17, 15) is 4.39 Å². The second kappa shape index (κ2) is 3.70. The van der Waals surface area contributed by atoms with Crippen LogP contribution in [0.25, 0.3) is 0 Å². The van der Waals surface area contributed by atoms with Crippen molar-refractivity contribution in [3.8, 4) is 0 Å². The average Bonchev–Trinajstić information content (AvgIpc) is 2.06. The molecule has 12 heavy (non-hydrogen) atoms. The molecule has 0 unspecified atom stereocenters. The van der Waals surface area contributed by atoms with E-state index < -0.39 is 0 Å². The van der Waals surface area contributed by atoms with Crippen LogP contribution in [-0.4, -0.2) is 0 Å². The summed E-state index contributed by atoms with van der Waals surface area (Å²) >= 11 is 0. The number of benzene rings is 1. The van der Waals surface area contributed by atoms with Gasteiger partial charge in [0.25, 0.3) is 0 Å². The second-order valence-corrected chi connectivity index (χ2v) is 3.22. The summed E-state index contributed by atoms with van der Waals surface area (Å²) in [4.78, 5) is 0. The number of hydrogen-bond acceptors (Lipinski definition) is 0. The van der Waals surface area contributed by atoms with E-state index in [0.717, 1.165) is 18.4 Å². The maximum atomic E-state index is 13.1. The van der Waals surface area contributed by atoms with Gasteiger partial charge in [-0.05, 0) is 43.0 Å². The fourth-order valence-corrected chi connectivity index (χ4v) is 1.50. The molecule has 0 N–H and O–H groups in total. The SMILES string of the molecule is CCCc1c(C)ccc(F)c1C. The third-order valence-electron chi connectivity index (χ3n) is 2.27. The molecule has 0 atom stereocenters. The molecule has 1 heteroatoms. The van der Waals surface area contributed by atoms with Gasteiger partial charge in [0.05, 0.1) is 0 Å². The highest BCUT2D eigenvalue weighted by molar-refractivity contribution is 5.34. The Hall–Kier alpha value is -0.850. The maximum Gasteiger partial charge on any atom is 0.126 e. The molecule has 1 aromatic carbocycles. The third-order valence-corrected chi connectivity index (χ3v) is 2.27. The van der Waals surface area contributed by atoms with Crippen molar-refractivity contribution in [2.75, 3.05) is 0 Å². The first-order valence-corrected chi connectivity index (χ1v) is 4.41. The van der Waals surface area contributed by atoms with E-state index in [0.29, 0.717) is 0 Å². The van der Waals surface area contributed by atoms with Crippen molar-refractivity contribution in [3.63, 3.8) is 0 Å². The summed E-state index contributed by atoms with van der Waals surface area (Å²) in [6.45, 7) is 6.01. The lowest BCUT2D eigenvalue weighted by Crippen LogP contribution is -1.95. The van der Waals surface area contributed by atoms with E-state index in [1.54, 1.807) is 6.07 Å². The molecule has 0 aromatic heterocycles. The lowest BCUT2D eigenvalue weighted by molar-refractivity contribution is 0.614. The Morgan fingerprint density at radius 2 is 1.92 bits per heavy atom. The lowest BCUT2D eigenvalue weighted by Gasteiger charge is -2.08. The van der Waals surface area contributed by atoms with E-state index in [-0.39, 0.29) is 5.82 Å². The van der Waals surface area contributed by atoms with Crippen LogP contribution in [0.3, 0.4) is 0 Å². The van der Waals surface area contributed by atoms with Crippen LogP contribution in [0.2, 0.25) is 0 Å². The van der Waals surface area contributed by atoms with Crippen LogP contribution < -0.4 is 0 Å². The van der Waals surface area contributed by atoms with Crippen LogP contribution in [-0.2, 0) is 6.42 Å². The fourth-order valence-electron chi connectivity index (χ4n) is 1.50. The summed E-state index contributed by atoms with van der Waals surface area (Å²) in [5.74, 6) is -0.0796. The first kappa shape index (κ1) is 9.24. The number of aryl methyl sites for hydroxylation is 1. The maximum absolute atomic E-state index is 13.1. The average molecular weight is 166 g/mol. The Labute approximate surface area is 73.4 Å². The van der Waals surface area contributed by atoms with Gasteiger partial charge < -0.3 is 0 Å². The van der Waals surface area contributed by atoms with E-state index in [2.05, 4.69) is 6.92 Å². The van der Waals surface area contributed by atoms with E-state index in [1.165, 1.54) is 11.1 Å². The molecule has 0 saturated heterocycles. The molecule has 0 amide bonds. The van der Waals surface area contributed by atoms with Crippen LogP contribution in [0.5, 0.6) is 0 Å². The van der Waals surface area contributed by atoms with Crippen molar-refractivity contribution in [3.05, 3.63) is 34.6 Å². The van der Waals surface area contributed by atoms with Gasteiger partial charge in [-0.15, -0.1) is 0 Å². The fraction of sp³-hybridized carbons (Fsp3) is 0.455. The van der Waals surface area contributed by atoms with E-state index in [1.807, 2.05) is 19.9 Å². The van der Waals surface area contributed by atoms with Gasteiger partial charge in [-0.25, -0.2) is 4.39 Å². The van der Waals surface area contributed by atoms with Gasteiger partial charge in [-0.3, -0.25) is 0 Å². The molecule has 0 saturated carbocycles. The minimum atomic E-state index is -0.0796. The van der Waals surface area contributed by atoms with Crippen LogP contribution in [0.1, 0.15) is 30.0 Å². The Morgan fingerprint density at radius 1 is 1.25 bits per heavy atom. The summed E-state index contributed by atoms with van der Waals surface area (Å²) in [6.07, 6.45) is 2.06. The molecule has 1 rings (SSSR count). The van der Waals surface area contributed by atoms with Gasteiger partial charge in [0.15, 0.2) is 0 Å². The first-order chi connectivity index (χ1) is 5.66. The smallest absolute Gasteiger partial charge is 0.126 e. The number of halogens is 1. The normalized spacial score (nSPS) is 10.3. The van der Waals surface area contributed by atoms with Gasteiger partial charge in [0.2, 0.25) is 0 Å². The summed E-state index contributed by atoms with van der Waals surface area (Å²) in [5.41, 5.74) is 3.20. The molecule has 0 fully saturated rings. The highest BCUT2D eigenvalue weighted by Crippen LogP contribution is 2.18. The zero-order valence-electron chi connectivity index (χ0n) is 7.95. The Bertz CT molecular complexity index is 277. The van der Waals surface area contributed by atoms with Gasteiger partial charge in [0.1, 0.15) is 5.82 Å². The quantitative estimate of drug-likeness (QED) is 0.631. The standard InChI is InChI=1S/C11H15F/c1-4-5-10-8(2)6-7-11(12)9(10)3/h6-7H,4-5H2,1-3H3. The highest BCUT2D eigenvalue weighted by atomic mass is 19.1. The number of rotatable bonds is 2. The molecule has 0 aliphatic heterocycles. The monoisotopic (exact) mass is 166 g/mol. The highest BCUT2D eigenvalue weighted by Gasteiger charge is 2.05. The summed E-state index contributed by atoms with van der Waals surface area (Å²) < 4.78 is 13.1. The molecular weight excluding hydrogens is 151 g/mol. The molecule has 0 radical (unpaired) electrons. The third kappa shape index (κ3) is 1.66. The van der Waals surface area contributed by atoms with Crippen molar-refractivity contribution in [1.29, 1.82) is 0 Å². The van der Waals surface area contributed by atoms with Crippen molar-refractivity contribution in [2.24, 2.45) is 0 Å². The lowest BCUT2D eigenvalue weighted by atomic mass is 9.99. The van der Waals surface area contributed by atoms with Crippen molar-refractivity contribution in [2.45, 2.75) is 33.6 Å². The van der Waals surface area contributed by atoms with Gasteiger partial charge in [0, 0.05) is 0 Å². The largest absolute Gasteiger partial charge is 0.207 e. The van der Waals surface area contributed by atoms with Crippen LogP contribution in [0, 0.1) is 19.7 Å². The molecule has 66 valence electrons. The summed E-state index contributed by atoms with van der Waals surface area (Å²) in [5, 5.41) is 0. The number of hydrogen-bond donors (Lipinski definition) is 0. The minimum Gasteiger partial charge on any atom is -0.207 e. The Balaban J connectivity index is 3.14. The molecule has 0 spiro atoms. The predicted molar refractivity (Wildman–Crippen MR) is 49.9 cm³/mol. The second-order valence-electron chi connectivity index (χ2n) is 3.22. The molecule has 0 aliphatic carbocycles. The Morgan fingerprint density at radius 3 is 2.50 bits per heavy atom. The minimum absolute atomic E-state index is 0.0796. The molecule has 0 bridgehead atoms. The molecular formula is C11H15F. The van der Waals surface area contributed by atoms with Crippen molar-refractivity contribution < 1.29 is 4.39 Å². The zero-order valence-corrected chi connectivity index (χ0v) is 7.95. The Kier molecular flexibility index (Phi) is 2.85. The molecule has 0 nitrogen and oxygen atoms in total. The van der Waals surface area contributed by atoms with Crippen molar-refractivity contribution in [1.82, 2.24) is 0 Å². The predicted octanol–water partition coefficient (Wildman–Crippen LogP) is 3.40. The van der Waals surface area contributed by atoms with E-state index >= 15 is 0 Å². The molecule has 0 heterocycles. The van der Waals surface area contributed by atoms with Crippen LogP contribution in [0.4, 0.5) is 4.39 Å². The van der Waals surface area contributed by atoms with Gasteiger partial charge in [-0.2, -0.15) is 0 Å². The van der Waals surface area contributed by atoms with Crippen LogP contribution >= 0.6 is 0 Å². The summed E-state index contributed by atoms with van der Waals surface area (Å²) in [7, 11) is 0.